The van der Waals surface area contributed by atoms with Gasteiger partial charge in [-0.3, -0.25) is 4.90 Å². The predicted molar refractivity (Wildman–Crippen MR) is 107 cm³/mol. The van der Waals surface area contributed by atoms with Gasteiger partial charge in [-0.25, -0.2) is 0 Å². The van der Waals surface area contributed by atoms with Gasteiger partial charge in [-0.2, -0.15) is 0 Å². The fourth-order valence-electron chi connectivity index (χ4n) is 4.13. The van der Waals surface area contributed by atoms with Crippen LogP contribution >= 0.6 is 11.6 Å². The molecule has 0 saturated carbocycles. The van der Waals surface area contributed by atoms with E-state index in [1.807, 2.05) is 12.1 Å². The molecule has 0 fully saturated rings. The molecule has 0 N–H and O–H groups in total. The summed E-state index contributed by atoms with van der Waals surface area (Å²) in [4.78, 5) is 2.54. The van der Waals surface area contributed by atoms with Gasteiger partial charge < -0.3 is 4.52 Å². The molecule has 3 nitrogen and oxygen atoms in total. The summed E-state index contributed by atoms with van der Waals surface area (Å²) in [7, 11) is 0. The van der Waals surface area contributed by atoms with Crippen molar-refractivity contribution in [2.75, 3.05) is 19.6 Å². The van der Waals surface area contributed by atoms with Crippen LogP contribution in [0.3, 0.4) is 0 Å². The number of fused-ring (bicyclic) bond motifs is 1. The standard InChI is InChI=1S/C22H27ClN2O/c23-19-10-8-17(9-11-19)18-12-15-25(16-13-18)14-4-7-22-20-5-2-1-3-6-21(20)24-26-22/h8-12H,1-7,13-16H2. The second-order valence-corrected chi connectivity index (χ2v) is 7.92. The van der Waals surface area contributed by atoms with E-state index in [1.54, 1.807) is 0 Å². The molecule has 138 valence electrons. The Morgan fingerprint density at radius 1 is 1.04 bits per heavy atom. The third-order valence-electron chi connectivity index (χ3n) is 5.68. The fraction of sp³-hybridized carbons (Fsp3) is 0.500. The molecule has 4 heteroatoms. The summed E-state index contributed by atoms with van der Waals surface area (Å²) in [5, 5.41) is 5.13. The lowest BCUT2D eigenvalue weighted by Crippen LogP contribution is -2.29. The first-order valence-electron chi connectivity index (χ1n) is 9.93. The Morgan fingerprint density at radius 2 is 1.88 bits per heavy atom. The molecule has 4 rings (SSSR count). The molecule has 2 heterocycles. The summed E-state index contributed by atoms with van der Waals surface area (Å²) >= 11 is 5.99. The Bertz CT molecular complexity index is 763. The van der Waals surface area contributed by atoms with E-state index < -0.39 is 0 Å². The molecule has 0 amide bonds. The van der Waals surface area contributed by atoms with Crippen molar-refractivity contribution in [3.63, 3.8) is 0 Å². The lowest BCUT2D eigenvalue weighted by molar-refractivity contribution is 0.290. The summed E-state index contributed by atoms with van der Waals surface area (Å²) < 4.78 is 5.66. The molecule has 0 radical (unpaired) electrons. The molecular weight excluding hydrogens is 344 g/mol. The predicted octanol–water partition coefficient (Wildman–Crippen LogP) is 5.32. The van der Waals surface area contributed by atoms with Crippen LogP contribution < -0.4 is 0 Å². The Hall–Kier alpha value is -1.58. The van der Waals surface area contributed by atoms with Crippen LogP contribution in [-0.4, -0.2) is 29.7 Å². The van der Waals surface area contributed by atoms with Gasteiger partial charge in [0.2, 0.25) is 0 Å². The van der Waals surface area contributed by atoms with E-state index in [0.717, 1.165) is 62.5 Å². The first-order chi connectivity index (χ1) is 12.8. The maximum absolute atomic E-state index is 5.99. The van der Waals surface area contributed by atoms with Gasteiger partial charge in [0.1, 0.15) is 5.76 Å². The number of hydrogen-bond acceptors (Lipinski definition) is 3. The molecule has 1 aliphatic heterocycles. The maximum Gasteiger partial charge on any atom is 0.140 e. The molecule has 0 spiro atoms. The highest BCUT2D eigenvalue weighted by Crippen LogP contribution is 2.26. The van der Waals surface area contributed by atoms with Crippen molar-refractivity contribution < 1.29 is 4.52 Å². The molecule has 0 atom stereocenters. The van der Waals surface area contributed by atoms with Gasteiger partial charge in [0.15, 0.2) is 0 Å². The summed E-state index contributed by atoms with van der Waals surface area (Å²) in [5.74, 6) is 1.15. The summed E-state index contributed by atoms with van der Waals surface area (Å²) in [6.07, 6.45) is 11.8. The Kier molecular flexibility index (Phi) is 5.76. The molecule has 1 aromatic carbocycles. The zero-order valence-corrected chi connectivity index (χ0v) is 16.1. The van der Waals surface area contributed by atoms with Gasteiger partial charge in [-0.1, -0.05) is 41.4 Å². The van der Waals surface area contributed by atoms with Crippen LogP contribution in [0.2, 0.25) is 5.02 Å². The van der Waals surface area contributed by atoms with Crippen molar-refractivity contribution in [1.82, 2.24) is 10.1 Å². The van der Waals surface area contributed by atoms with Crippen molar-refractivity contribution in [3.8, 4) is 0 Å². The lowest BCUT2D eigenvalue weighted by Gasteiger charge is -2.26. The van der Waals surface area contributed by atoms with Crippen LogP contribution in [0.4, 0.5) is 0 Å². The van der Waals surface area contributed by atoms with Crippen molar-refractivity contribution >= 4 is 17.2 Å². The number of rotatable bonds is 5. The highest BCUT2D eigenvalue weighted by Gasteiger charge is 2.18. The van der Waals surface area contributed by atoms with E-state index in [2.05, 4.69) is 28.3 Å². The monoisotopic (exact) mass is 370 g/mol. The second-order valence-electron chi connectivity index (χ2n) is 7.48. The third-order valence-corrected chi connectivity index (χ3v) is 5.93. The smallest absolute Gasteiger partial charge is 0.140 e. The van der Waals surface area contributed by atoms with Crippen molar-refractivity contribution in [2.45, 2.75) is 51.4 Å². The average Bonchev–Trinajstić information content (AvgIpc) is 2.89. The van der Waals surface area contributed by atoms with E-state index in [-0.39, 0.29) is 0 Å². The van der Waals surface area contributed by atoms with Crippen molar-refractivity contribution in [3.05, 3.63) is 57.9 Å². The molecule has 0 bridgehead atoms. The molecule has 2 aromatic rings. The lowest BCUT2D eigenvalue weighted by atomic mass is 9.99. The summed E-state index contributed by atoms with van der Waals surface area (Å²) in [5.41, 5.74) is 5.40. The first kappa shape index (κ1) is 17.8. The zero-order chi connectivity index (χ0) is 17.8. The Morgan fingerprint density at radius 3 is 2.69 bits per heavy atom. The molecule has 2 aliphatic rings. The maximum atomic E-state index is 5.99. The number of halogens is 1. The fourth-order valence-corrected chi connectivity index (χ4v) is 4.26. The van der Waals surface area contributed by atoms with Gasteiger partial charge in [-0.15, -0.1) is 0 Å². The van der Waals surface area contributed by atoms with Crippen LogP contribution in [0.5, 0.6) is 0 Å². The van der Waals surface area contributed by atoms with Gasteiger partial charge >= 0.3 is 0 Å². The normalized spacial score (nSPS) is 18.3. The second kappa shape index (κ2) is 8.41. The Balaban J connectivity index is 1.28. The summed E-state index contributed by atoms with van der Waals surface area (Å²) in [6, 6.07) is 8.20. The quantitative estimate of drug-likeness (QED) is 0.667. The number of benzene rings is 1. The Labute approximate surface area is 161 Å². The zero-order valence-electron chi connectivity index (χ0n) is 15.3. The van der Waals surface area contributed by atoms with Crippen LogP contribution in [0.15, 0.2) is 34.9 Å². The van der Waals surface area contributed by atoms with E-state index in [0.29, 0.717) is 0 Å². The van der Waals surface area contributed by atoms with Crippen LogP contribution in [0.25, 0.3) is 5.57 Å². The minimum absolute atomic E-state index is 0.803. The van der Waals surface area contributed by atoms with E-state index in [1.165, 1.54) is 41.7 Å². The third kappa shape index (κ3) is 4.21. The van der Waals surface area contributed by atoms with E-state index in [4.69, 9.17) is 16.1 Å². The summed E-state index contributed by atoms with van der Waals surface area (Å²) in [6.45, 7) is 3.29. The number of hydrogen-bond donors (Lipinski definition) is 0. The van der Waals surface area contributed by atoms with Crippen molar-refractivity contribution in [1.29, 1.82) is 0 Å². The first-order valence-corrected chi connectivity index (χ1v) is 10.3. The van der Waals surface area contributed by atoms with Gasteiger partial charge in [0.05, 0.1) is 5.69 Å². The van der Waals surface area contributed by atoms with Crippen LogP contribution in [-0.2, 0) is 19.3 Å². The average molecular weight is 371 g/mol. The molecule has 1 aliphatic carbocycles. The number of aromatic nitrogens is 1. The van der Waals surface area contributed by atoms with E-state index >= 15 is 0 Å². The largest absolute Gasteiger partial charge is 0.361 e. The molecule has 1 aromatic heterocycles. The molecule has 0 unspecified atom stereocenters. The van der Waals surface area contributed by atoms with Gasteiger partial charge in [-0.05, 0) is 68.3 Å². The van der Waals surface area contributed by atoms with Gasteiger partial charge in [0.25, 0.3) is 0 Å². The number of aryl methyl sites for hydroxylation is 2. The molecular formula is C22H27ClN2O. The highest BCUT2D eigenvalue weighted by atomic mass is 35.5. The van der Waals surface area contributed by atoms with E-state index in [9.17, 15) is 0 Å². The highest BCUT2D eigenvalue weighted by molar-refractivity contribution is 6.30. The minimum atomic E-state index is 0.803. The SMILES string of the molecule is Clc1ccc(C2=CCN(CCCc3onc4c3CCCCC4)CC2)cc1. The van der Waals surface area contributed by atoms with Gasteiger partial charge in [0, 0.05) is 30.1 Å². The van der Waals surface area contributed by atoms with Crippen LogP contribution in [0, 0.1) is 0 Å². The topological polar surface area (TPSA) is 29.3 Å². The van der Waals surface area contributed by atoms with Crippen LogP contribution in [0.1, 0.15) is 54.7 Å². The molecule has 26 heavy (non-hydrogen) atoms. The number of nitrogens with zero attached hydrogens (tertiary/aromatic N) is 2. The molecule has 0 saturated heterocycles. The van der Waals surface area contributed by atoms with Crippen molar-refractivity contribution in [2.24, 2.45) is 0 Å². The minimum Gasteiger partial charge on any atom is -0.361 e.